The Labute approximate surface area is 69.4 Å². The van der Waals surface area contributed by atoms with Crippen molar-refractivity contribution in [1.82, 2.24) is 0 Å². The van der Waals surface area contributed by atoms with Crippen LogP contribution in [0.1, 0.15) is 20.8 Å². The number of hydrogen-bond acceptors (Lipinski definition) is 2. The van der Waals surface area contributed by atoms with Gasteiger partial charge in [0.25, 0.3) is 0 Å². The van der Waals surface area contributed by atoms with Gasteiger partial charge in [-0.05, 0) is 36.7 Å². The number of rotatable bonds is 1. The summed E-state index contributed by atoms with van der Waals surface area (Å²) in [5, 5.41) is 0. The molecule has 3 heteroatoms. The lowest BCUT2D eigenvalue weighted by Gasteiger charge is -2.18. The number of hydrogen-bond donors (Lipinski definition) is 0. The number of carbonyl (C=O) groups is 1. The minimum Gasteiger partial charge on any atom is -0.456 e. The summed E-state index contributed by atoms with van der Waals surface area (Å²) in [5.74, 6) is -0.410. The van der Waals surface area contributed by atoms with E-state index in [0.29, 0.717) is 0 Å². The van der Waals surface area contributed by atoms with E-state index in [-0.39, 0.29) is 4.48 Å². The van der Waals surface area contributed by atoms with Crippen molar-refractivity contribution < 1.29 is 9.53 Å². The molecule has 0 saturated heterocycles. The molecule has 0 aliphatic rings. The highest BCUT2D eigenvalue weighted by Crippen LogP contribution is 2.12. The van der Waals surface area contributed by atoms with E-state index in [1.165, 1.54) is 0 Å². The zero-order chi connectivity index (χ0) is 8.36. The van der Waals surface area contributed by atoms with Gasteiger partial charge in [-0.25, -0.2) is 4.79 Å². The van der Waals surface area contributed by atoms with Crippen LogP contribution in [0.25, 0.3) is 0 Å². The number of esters is 1. The van der Waals surface area contributed by atoms with Crippen LogP contribution in [0.4, 0.5) is 0 Å². The summed E-state index contributed by atoms with van der Waals surface area (Å²) in [4.78, 5) is 10.8. The molecule has 0 aliphatic carbocycles. The quantitative estimate of drug-likeness (QED) is 0.486. The van der Waals surface area contributed by atoms with E-state index in [9.17, 15) is 4.79 Å². The Kier molecular flexibility index (Phi) is 3.09. The van der Waals surface area contributed by atoms with Gasteiger partial charge in [-0.3, -0.25) is 0 Å². The van der Waals surface area contributed by atoms with Crippen LogP contribution in [0.3, 0.4) is 0 Å². The van der Waals surface area contributed by atoms with E-state index in [1.807, 2.05) is 0 Å². The monoisotopic (exact) mass is 206 g/mol. The molecule has 0 saturated carbocycles. The molecule has 0 aromatic heterocycles. The molecule has 0 bridgehead atoms. The average molecular weight is 207 g/mol. The topological polar surface area (TPSA) is 26.3 Å². The van der Waals surface area contributed by atoms with E-state index < -0.39 is 11.6 Å². The van der Waals surface area contributed by atoms with Gasteiger partial charge in [-0.15, -0.1) is 0 Å². The summed E-state index contributed by atoms with van der Waals surface area (Å²) >= 11 is 2.92. The molecule has 0 aliphatic heterocycles. The van der Waals surface area contributed by atoms with Gasteiger partial charge in [-0.1, -0.05) is 6.58 Å². The van der Waals surface area contributed by atoms with Crippen molar-refractivity contribution in [3.63, 3.8) is 0 Å². The van der Waals surface area contributed by atoms with E-state index in [0.717, 1.165) is 0 Å². The van der Waals surface area contributed by atoms with Crippen LogP contribution in [0.15, 0.2) is 11.1 Å². The molecule has 0 unspecified atom stereocenters. The molecule has 0 radical (unpaired) electrons. The Morgan fingerprint density at radius 1 is 1.50 bits per heavy atom. The maximum atomic E-state index is 10.8. The van der Waals surface area contributed by atoms with Gasteiger partial charge in [-0.2, -0.15) is 0 Å². The fourth-order valence-corrected chi connectivity index (χ4v) is 0.414. The highest BCUT2D eigenvalue weighted by atomic mass is 79.9. The number of ether oxygens (including phenoxy) is 1. The second kappa shape index (κ2) is 3.19. The maximum Gasteiger partial charge on any atom is 0.345 e. The molecule has 0 spiro atoms. The molecule has 0 aromatic carbocycles. The van der Waals surface area contributed by atoms with Crippen LogP contribution in [0.5, 0.6) is 0 Å². The zero-order valence-electron chi connectivity index (χ0n) is 6.40. The van der Waals surface area contributed by atoms with Crippen LogP contribution in [-0.2, 0) is 9.53 Å². The van der Waals surface area contributed by atoms with Crippen LogP contribution < -0.4 is 0 Å². The summed E-state index contributed by atoms with van der Waals surface area (Å²) in [6.07, 6.45) is 0. The lowest BCUT2D eigenvalue weighted by atomic mass is 10.2. The van der Waals surface area contributed by atoms with Crippen molar-refractivity contribution in [2.24, 2.45) is 0 Å². The Hall–Kier alpha value is -0.310. The predicted octanol–water partition coefficient (Wildman–Crippen LogP) is 2.24. The van der Waals surface area contributed by atoms with E-state index >= 15 is 0 Å². The molecule has 0 rings (SSSR count). The summed E-state index contributed by atoms with van der Waals surface area (Å²) in [5.41, 5.74) is -0.437. The van der Waals surface area contributed by atoms with Crippen LogP contribution in [0, 0.1) is 0 Å². The highest BCUT2D eigenvalue weighted by Gasteiger charge is 2.16. The molecule has 0 amide bonds. The first-order chi connectivity index (χ1) is 4.33. The van der Waals surface area contributed by atoms with Gasteiger partial charge >= 0.3 is 5.97 Å². The fraction of sp³-hybridized carbons (Fsp3) is 0.571. The first-order valence-corrected chi connectivity index (χ1v) is 3.70. The van der Waals surface area contributed by atoms with Gasteiger partial charge in [0, 0.05) is 0 Å². The van der Waals surface area contributed by atoms with Crippen molar-refractivity contribution >= 4 is 21.9 Å². The summed E-state index contributed by atoms with van der Waals surface area (Å²) in [7, 11) is 0. The van der Waals surface area contributed by atoms with Crippen LogP contribution in [-0.4, -0.2) is 11.6 Å². The Balaban J connectivity index is 3.93. The summed E-state index contributed by atoms with van der Waals surface area (Å²) in [6, 6.07) is 0. The molecule has 0 fully saturated rings. The molecule has 10 heavy (non-hydrogen) atoms. The Morgan fingerprint density at radius 3 is 2.00 bits per heavy atom. The third-order valence-electron chi connectivity index (χ3n) is 0.620. The van der Waals surface area contributed by atoms with Crippen molar-refractivity contribution in [3.05, 3.63) is 11.1 Å². The lowest BCUT2D eigenvalue weighted by Crippen LogP contribution is -2.23. The fourth-order valence-electron chi connectivity index (χ4n) is 0.333. The van der Waals surface area contributed by atoms with Crippen molar-refractivity contribution in [2.45, 2.75) is 26.4 Å². The molecular formula is C7H11BrO2. The molecule has 58 valence electrons. The Morgan fingerprint density at radius 2 is 1.90 bits per heavy atom. The lowest BCUT2D eigenvalue weighted by molar-refractivity contribution is -0.148. The van der Waals surface area contributed by atoms with Gasteiger partial charge in [0.05, 0.1) is 4.48 Å². The second-order valence-corrected chi connectivity index (χ2v) is 3.86. The zero-order valence-corrected chi connectivity index (χ0v) is 7.99. The average Bonchev–Trinajstić information content (AvgIpc) is 1.60. The SMILES string of the molecule is C=C(Br)C(=O)OC(C)(C)C. The van der Waals surface area contributed by atoms with Crippen LogP contribution >= 0.6 is 15.9 Å². The van der Waals surface area contributed by atoms with Crippen molar-refractivity contribution in [3.8, 4) is 0 Å². The molecule has 0 heterocycles. The van der Waals surface area contributed by atoms with Crippen molar-refractivity contribution in [1.29, 1.82) is 0 Å². The number of halogens is 1. The van der Waals surface area contributed by atoms with Crippen molar-refractivity contribution in [2.75, 3.05) is 0 Å². The first kappa shape index (κ1) is 9.69. The largest absolute Gasteiger partial charge is 0.456 e. The molecule has 0 aromatic rings. The third kappa shape index (κ3) is 4.56. The highest BCUT2D eigenvalue weighted by molar-refractivity contribution is 9.12. The molecule has 0 N–H and O–H groups in total. The van der Waals surface area contributed by atoms with Crippen LogP contribution in [0.2, 0.25) is 0 Å². The predicted molar refractivity (Wildman–Crippen MR) is 43.9 cm³/mol. The Bertz CT molecular complexity index is 155. The minimum atomic E-state index is -0.437. The molecular weight excluding hydrogens is 196 g/mol. The van der Waals surface area contributed by atoms with E-state index in [4.69, 9.17) is 4.74 Å². The van der Waals surface area contributed by atoms with E-state index in [2.05, 4.69) is 22.5 Å². The van der Waals surface area contributed by atoms with E-state index in [1.54, 1.807) is 20.8 Å². The van der Waals surface area contributed by atoms with Gasteiger partial charge in [0.2, 0.25) is 0 Å². The number of carbonyl (C=O) groups excluding carboxylic acids is 1. The maximum absolute atomic E-state index is 10.8. The van der Waals surface area contributed by atoms with Gasteiger partial charge < -0.3 is 4.74 Å². The third-order valence-corrected chi connectivity index (χ3v) is 0.944. The van der Waals surface area contributed by atoms with Gasteiger partial charge in [0.15, 0.2) is 0 Å². The summed E-state index contributed by atoms with van der Waals surface area (Å²) in [6.45, 7) is 8.80. The first-order valence-electron chi connectivity index (χ1n) is 2.90. The standard InChI is InChI=1S/C7H11BrO2/c1-5(8)6(9)10-7(2,3)4/h1H2,2-4H3. The van der Waals surface area contributed by atoms with Gasteiger partial charge in [0.1, 0.15) is 5.60 Å². The smallest absolute Gasteiger partial charge is 0.345 e. The molecule has 2 nitrogen and oxygen atoms in total. The minimum absolute atomic E-state index is 0.252. The second-order valence-electron chi connectivity index (χ2n) is 2.91. The normalized spacial score (nSPS) is 10.8. The summed E-state index contributed by atoms with van der Waals surface area (Å²) < 4.78 is 5.17. The molecule has 0 atom stereocenters.